The van der Waals surface area contributed by atoms with E-state index in [1.165, 1.54) is 37.1 Å². The summed E-state index contributed by atoms with van der Waals surface area (Å²) in [6, 6.07) is 6.10. The SMILES string of the molecule is Cn1c(=O)c2c(ncn2CCCC(=O)NCc2cccc(OC(F)F)c2)n(C)c1=O. The van der Waals surface area contributed by atoms with Gasteiger partial charge >= 0.3 is 12.3 Å². The van der Waals surface area contributed by atoms with Crippen LogP contribution in [0.4, 0.5) is 8.78 Å². The van der Waals surface area contributed by atoms with E-state index in [-0.39, 0.29) is 24.6 Å². The highest BCUT2D eigenvalue weighted by Crippen LogP contribution is 2.16. The Bertz CT molecular complexity index is 1180. The first-order valence-electron chi connectivity index (χ1n) is 9.19. The van der Waals surface area contributed by atoms with Gasteiger partial charge in [-0.1, -0.05) is 12.1 Å². The average molecular weight is 421 g/mol. The molecule has 0 saturated heterocycles. The Kier molecular flexibility index (Phi) is 6.28. The summed E-state index contributed by atoms with van der Waals surface area (Å²) in [5.41, 5.74) is 0.321. The first-order valence-corrected chi connectivity index (χ1v) is 9.19. The molecule has 1 amide bonds. The molecule has 0 bridgehead atoms. The van der Waals surface area contributed by atoms with Gasteiger partial charge in [-0.3, -0.25) is 18.7 Å². The van der Waals surface area contributed by atoms with Crippen LogP contribution in [-0.2, 0) is 32.0 Å². The lowest BCUT2D eigenvalue weighted by molar-refractivity contribution is -0.121. The number of aromatic nitrogens is 4. The van der Waals surface area contributed by atoms with E-state index in [1.54, 1.807) is 16.7 Å². The maximum absolute atomic E-state index is 12.4. The number of nitrogens with zero attached hydrogens (tertiary/aromatic N) is 4. The van der Waals surface area contributed by atoms with Crippen LogP contribution in [0, 0.1) is 0 Å². The summed E-state index contributed by atoms with van der Waals surface area (Å²) in [6.45, 7) is -2.36. The Morgan fingerprint density at radius 3 is 2.73 bits per heavy atom. The Balaban J connectivity index is 1.57. The maximum atomic E-state index is 12.4. The third-order valence-electron chi connectivity index (χ3n) is 4.63. The first-order chi connectivity index (χ1) is 14.3. The minimum atomic E-state index is -2.91. The van der Waals surface area contributed by atoms with E-state index in [9.17, 15) is 23.2 Å². The number of imidazole rings is 1. The van der Waals surface area contributed by atoms with Crippen LogP contribution in [0.1, 0.15) is 18.4 Å². The highest BCUT2D eigenvalue weighted by atomic mass is 19.3. The zero-order chi connectivity index (χ0) is 21.8. The highest BCUT2D eigenvalue weighted by Gasteiger charge is 2.14. The minimum absolute atomic E-state index is 0.0275. The molecule has 0 aliphatic carbocycles. The molecule has 0 fully saturated rings. The predicted molar refractivity (Wildman–Crippen MR) is 104 cm³/mol. The number of carbonyl (C=O) groups excluding carboxylic acids is 1. The predicted octanol–water partition coefficient (Wildman–Crippen LogP) is 1.13. The number of alkyl halides is 2. The van der Waals surface area contributed by atoms with Crippen molar-refractivity contribution in [3.63, 3.8) is 0 Å². The number of carbonyl (C=O) groups is 1. The molecule has 9 nitrogen and oxygen atoms in total. The molecular weight excluding hydrogens is 400 g/mol. The fourth-order valence-corrected chi connectivity index (χ4v) is 3.10. The minimum Gasteiger partial charge on any atom is -0.435 e. The number of ether oxygens (including phenoxy) is 1. The molecule has 0 saturated carbocycles. The lowest BCUT2D eigenvalue weighted by atomic mass is 10.2. The quantitative estimate of drug-likeness (QED) is 0.588. The van der Waals surface area contributed by atoms with Gasteiger partial charge in [0, 0.05) is 33.6 Å². The van der Waals surface area contributed by atoms with Crippen molar-refractivity contribution in [1.29, 1.82) is 0 Å². The third kappa shape index (κ3) is 4.56. The largest absolute Gasteiger partial charge is 0.435 e. The van der Waals surface area contributed by atoms with Crippen molar-refractivity contribution in [2.75, 3.05) is 0 Å². The molecule has 2 aromatic heterocycles. The second-order valence-corrected chi connectivity index (χ2v) is 6.72. The Labute approximate surface area is 169 Å². The van der Waals surface area contributed by atoms with Gasteiger partial charge in [-0.25, -0.2) is 9.78 Å². The van der Waals surface area contributed by atoms with Gasteiger partial charge in [-0.15, -0.1) is 0 Å². The summed E-state index contributed by atoms with van der Waals surface area (Å²) in [4.78, 5) is 40.6. The molecule has 0 aliphatic rings. The number of benzene rings is 1. The van der Waals surface area contributed by atoms with Crippen LogP contribution >= 0.6 is 0 Å². The van der Waals surface area contributed by atoms with Gasteiger partial charge in [0.25, 0.3) is 5.56 Å². The summed E-state index contributed by atoms with van der Waals surface area (Å²) >= 11 is 0. The van der Waals surface area contributed by atoms with Gasteiger partial charge in [-0.05, 0) is 24.1 Å². The summed E-state index contributed by atoms with van der Waals surface area (Å²) in [6.07, 6.45) is 2.11. The standard InChI is InChI=1S/C19H21F2N5O4/c1-24-16-15(17(28)25(2)19(24)29)26(11-23-16)8-4-7-14(27)22-10-12-5-3-6-13(9-12)30-18(20)21/h3,5-6,9,11,18H,4,7-8,10H2,1-2H3,(H,22,27). The molecule has 11 heteroatoms. The summed E-state index contributed by atoms with van der Waals surface area (Å²) in [5.74, 6) is -0.195. The molecule has 1 N–H and O–H groups in total. The highest BCUT2D eigenvalue weighted by molar-refractivity contribution is 5.76. The van der Waals surface area contributed by atoms with E-state index >= 15 is 0 Å². The van der Waals surface area contributed by atoms with Crippen molar-refractivity contribution in [2.24, 2.45) is 14.1 Å². The second kappa shape index (κ2) is 8.89. The van der Waals surface area contributed by atoms with E-state index in [0.29, 0.717) is 29.7 Å². The van der Waals surface area contributed by atoms with Crippen LogP contribution in [0.15, 0.2) is 40.2 Å². The van der Waals surface area contributed by atoms with E-state index in [4.69, 9.17) is 0 Å². The number of halogens is 2. The van der Waals surface area contributed by atoms with E-state index in [0.717, 1.165) is 4.57 Å². The number of rotatable bonds is 8. The van der Waals surface area contributed by atoms with Gasteiger partial charge in [0.2, 0.25) is 5.91 Å². The van der Waals surface area contributed by atoms with Crippen molar-refractivity contribution in [3.8, 4) is 5.75 Å². The Morgan fingerprint density at radius 1 is 1.23 bits per heavy atom. The van der Waals surface area contributed by atoms with Crippen LogP contribution in [0.5, 0.6) is 5.75 Å². The zero-order valence-corrected chi connectivity index (χ0v) is 16.5. The first kappa shape index (κ1) is 21.2. The molecule has 0 spiro atoms. The van der Waals surface area contributed by atoms with Crippen LogP contribution in [0.3, 0.4) is 0 Å². The molecule has 30 heavy (non-hydrogen) atoms. The second-order valence-electron chi connectivity index (χ2n) is 6.72. The van der Waals surface area contributed by atoms with Gasteiger partial charge in [-0.2, -0.15) is 8.78 Å². The number of amides is 1. The molecule has 0 unspecified atom stereocenters. The summed E-state index contributed by atoms with van der Waals surface area (Å²) in [7, 11) is 2.94. The Morgan fingerprint density at radius 2 is 2.00 bits per heavy atom. The average Bonchev–Trinajstić information content (AvgIpc) is 3.13. The normalized spacial score (nSPS) is 11.2. The molecule has 1 aromatic carbocycles. The molecule has 0 radical (unpaired) electrons. The topological polar surface area (TPSA) is 100 Å². The number of fused-ring (bicyclic) bond motifs is 1. The molecule has 0 atom stereocenters. The van der Waals surface area contributed by atoms with Crippen LogP contribution in [-0.4, -0.2) is 31.2 Å². The molecule has 3 aromatic rings. The summed E-state index contributed by atoms with van der Waals surface area (Å²) in [5, 5.41) is 2.72. The zero-order valence-electron chi connectivity index (χ0n) is 16.5. The van der Waals surface area contributed by atoms with E-state index < -0.39 is 17.9 Å². The fourth-order valence-electron chi connectivity index (χ4n) is 3.10. The van der Waals surface area contributed by atoms with Gasteiger partial charge < -0.3 is 14.6 Å². The lowest BCUT2D eigenvalue weighted by Crippen LogP contribution is -2.37. The lowest BCUT2D eigenvalue weighted by Gasteiger charge is -2.09. The molecule has 2 heterocycles. The van der Waals surface area contributed by atoms with Crippen molar-refractivity contribution in [3.05, 3.63) is 57.0 Å². The van der Waals surface area contributed by atoms with Gasteiger partial charge in [0.05, 0.1) is 6.33 Å². The van der Waals surface area contributed by atoms with E-state index in [2.05, 4.69) is 15.0 Å². The number of aryl methyl sites for hydroxylation is 2. The van der Waals surface area contributed by atoms with Gasteiger partial charge in [0.1, 0.15) is 5.75 Å². The maximum Gasteiger partial charge on any atom is 0.387 e. The number of hydrogen-bond acceptors (Lipinski definition) is 5. The fraction of sp³-hybridized carbons (Fsp3) is 0.368. The van der Waals surface area contributed by atoms with E-state index in [1.807, 2.05) is 0 Å². The summed E-state index contributed by atoms with van der Waals surface area (Å²) < 4.78 is 32.8. The Hall–Kier alpha value is -3.50. The van der Waals surface area contributed by atoms with Crippen molar-refractivity contribution < 1.29 is 18.3 Å². The number of hydrogen-bond donors (Lipinski definition) is 1. The van der Waals surface area contributed by atoms with Gasteiger partial charge in [0.15, 0.2) is 11.2 Å². The van der Waals surface area contributed by atoms with Crippen LogP contribution < -0.4 is 21.3 Å². The molecule has 3 rings (SSSR count). The monoisotopic (exact) mass is 421 g/mol. The third-order valence-corrected chi connectivity index (χ3v) is 4.63. The van der Waals surface area contributed by atoms with Crippen molar-refractivity contribution in [2.45, 2.75) is 32.5 Å². The smallest absolute Gasteiger partial charge is 0.387 e. The number of nitrogens with one attached hydrogen (secondary N) is 1. The van der Waals surface area contributed by atoms with Crippen molar-refractivity contribution in [1.82, 2.24) is 24.0 Å². The van der Waals surface area contributed by atoms with Crippen LogP contribution in [0.25, 0.3) is 11.2 Å². The molecular formula is C19H21F2N5O4. The molecule has 160 valence electrons. The van der Waals surface area contributed by atoms with Crippen molar-refractivity contribution >= 4 is 17.1 Å². The molecule has 0 aliphatic heterocycles. The van der Waals surface area contributed by atoms with Crippen LogP contribution in [0.2, 0.25) is 0 Å².